The molecule has 2 aliphatic heterocycles. The second-order valence-electron chi connectivity index (χ2n) is 8.02. The number of carbonyl (C=O) groups is 1. The number of hydrogen-bond acceptors (Lipinski definition) is 4. The lowest BCUT2D eigenvalue weighted by Gasteiger charge is -2.42. The molecule has 1 amide bonds. The number of halogens is 1. The predicted molar refractivity (Wildman–Crippen MR) is 116 cm³/mol. The summed E-state index contributed by atoms with van der Waals surface area (Å²) >= 11 is 0. The number of hydrogen-bond donors (Lipinski definition) is 1. The first-order valence-corrected chi connectivity index (χ1v) is 10.3. The molecule has 0 radical (unpaired) electrons. The number of rotatable bonds is 5. The van der Waals surface area contributed by atoms with Crippen LogP contribution < -0.4 is 10.1 Å². The van der Waals surface area contributed by atoms with Crippen molar-refractivity contribution in [2.45, 2.75) is 37.6 Å². The molecule has 3 heterocycles. The topological polar surface area (TPSA) is 59.4 Å². The second-order valence-corrected chi connectivity index (χ2v) is 8.02. The van der Waals surface area contributed by atoms with Crippen LogP contribution in [0.1, 0.15) is 31.2 Å². The van der Waals surface area contributed by atoms with E-state index in [1.54, 1.807) is 13.3 Å². The highest BCUT2D eigenvalue weighted by Crippen LogP contribution is 2.32. The van der Waals surface area contributed by atoms with Crippen molar-refractivity contribution >= 4 is 18.3 Å². The number of amides is 1. The van der Waals surface area contributed by atoms with Gasteiger partial charge in [0.1, 0.15) is 11.3 Å². The largest absolute Gasteiger partial charge is 0.497 e. The molecular formula is C22H31ClN4O2. The van der Waals surface area contributed by atoms with Crippen molar-refractivity contribution in [3.63, 3.8) is 0 Å². The van der Waals surface area contributed by atoms with Gasteiger partial charge in [-0.3, -0.25) is 9.48 Å². The van der Waals surface area contributed by atoms with Gasteiger partial charge in [0.25, 0.3) is 5.91 Å². The number of benzene rings is 1. The van der Waals surface area contributed by atoms with E-state index in [1.165, 1.54) is 5.56 Å². The Morgan fingerprint density at radius 3 is 2.48 bits per heavy atom. The molecule has 0 saturated carbocycles. The van der Waals surface area contributed by atoms with E-state index >= 15 is 0 Å². The normalized spacial score (nSPS) is 19.4. The van der Waals surface area contributed by atoms with E-state index in [4.69, 9.17) is 4.74 Å². The predicted octanol–water partition coefficient (Wildman–Crippen LogP) is 2.87. The first-order chi connectivity index (χ1) is 13.7. The Morgan fingerprint density at radius 2 is 1.90 bits per heavy atom. The zero-order valence-corrected chi connectivity index (χ0v) is 17.9. The van der Waals surface area contributed by atoms with Crippen LogP contribution in [0.15, 0.2) is 42.7 Å². The van der Waals surface area contributed by atoms with Crippen molar-refractivity contribution < 1.29 is 9.53 Å². The highest BCUT2D eigenvalue weighted by Gasteiger charge is 2.44. The lowest BCUT2D eigenvalue weighted by atomic mass is 9.84. The summed E-state index contributed by atoms with van der Waals surface area (Å²) in [5.41, 5.74) is 0.828. The number of ether oxygens (including phenoxy) is 1. The van der Waals surface area contributed by atoms with Gasteiger partial charge in [-0.15, -0.1) is 12.4 Å². The van der Waals surface area contributed by atoms with E-state index in [0.717, 1.165) is 64.0 Å². The van der Waals surface area contributed by atoms with Gasteiger partial charge in [0.2, 0.25) is 0 Å². The van der Waals surface area contributed by atoms with Crippen molar-refractivity contribution in [1.82, 2.24) is 20.0 Å². The molecule has 1 aromatic heterocycles. The molecule has 0 unspecified atom stereocenters. The summed E-state index contributed by atoms with van der Waals surface area (Å²) in [6.07, 6.45) is 8.52. The zero-order chi connectivity index (χ0) is 19.4. The van der Waals surface area contributed by atoms with Crippen molar-refractivity contribution in [2.24, 2.45) is 5.92 Å². The standard InChI is InChI=1S/C22H30N4O2.ClH/c1-28-20-5-3-18(4-6-20)17-19-7-15-25(16-8-19)21(27)22(9-12-23-13-10-22)26-14-2-11-24-26;/h2-6,11,14,19,23H,7-10,12-13,15-17H2,1H3;1H. The molecule has 1 aromatic carbocycles. The van der Waals surface area contributed by atoms with E-state index in [-0.39, 0.29) is 18.3 Å². The lowest BCUT2D eigenvalue weighted by Crippen LogP contribution is -2.57. The van der Waals surface area contributed by atoms with E-state index in [0.29, 0.717) is 5.92 Å². The van der Waals surface area contributed by atoms with Crippen LogP contribution in [0.25, 0.3) is 0 Å². The van der Waals surface area contributed by atoms with Gasteiger partial charge >= 0.3 is 0 Å². The van der Waals surface area contributed by atoms with Crippen LogP contribution in [0.2, 0.25) is 0 Å². The highest BCUT2D eigenvalue weighted by molar-refractivity contribution is 5.85. The van der Waals surface area contributed by atoms with Crippen LogP contribution in [0.5, 0.6) is 5.75 Å². The SMILES string of the molecule is COc1ccc(CC2CCN(C(=O)C3(n4cccn4)CCNCC3)CC2)cc1.Cl. The van der Waals surface area contributed by atoms with E-state index < -0.39 is 5.54 Å². The van der Waals surface area contributed by atoms with E-state index in [2.05, 4.69) is 27.4 Å². The minimum Gasteiger partial charge on any atom is -0.497 e. The third kappa shape index (κ3) is 4.59. The number of methoxy groups -OCH3 is 1. The smallest absolute Gasteiger partial charge is 0.250 e. The summed E-state index contributed by atoms with van der Waals surface area (Å²) in [6, 6.07) is 10.3. The summed E-state index contributed by atoms with van der Waals surface area (Å²) in [5.74, 6) is 1.78. The number of likely N-dealkylation sites (tertiary alicyclic amines) is 1. The molecule has 0 aliphatic carbocycles. The van der Waals surface area contributed by atoms with Crippen LogP contribution in [0.3, 0.4) is 0 Å². The van der Waals surface area contributed by atoms with Gasteiger partial charge in [0, 0.05) is 25.5 Å². The highest BCUT2D eigenvalue weighted by atomic mass is 35.5. The van der Waals surface area contributed by atoms with Crippen molar-refractivity contribution in [2.75, 3.05) is 33.3 Å². The third-order valence-electron chi connectivity index (χ3n) is 6.36. The molecule has 158 valence electrons. The Kier molecular flexibility index (Phi) is 7.19. The average molecular weight is 419 g/mol. The average Bonchev–Trinajstić information content (AvgIpc) is 3.30. The Labute approximate surface area is 179 Å². The molecule has 0 bridgehead atoms. The number of nitrogens with zero attached hydrogens (tertiary/aromatic N) is 3. The van der Waals surface area contributed by atoms with Gasteiger partial charge in [0.05, 0.1) is 7.11 Å². The first kappa shape index (κ1) is 21.7. The molecule has 0 spiro atoms. The fourth-order valence-electron chi connectivity index (χ4n) is 4.63. The Morgan fingerprint density at radius 1 is 1.21 bits per heavy atom. The molecule has 6 nitrogen and oxygen atoms in total. The minimum atomic E-state index is -0.516. The van der Waals surface area contributed by atoms with Crippen LogP contribution in [0, 0.1) is 5.92 Å². The van der Waals surface area contributed by atoms with Gasteiger partial charge in [0.15, 0.2) is 0 Å². The van der Waals surface area contributed by atoms with Crippen molar-refractivity contribution in [1.29, 1.82) is 0 Å². The number of nitrogens with one attached hydrogen (secondary N) is 1. The summed E-state index contributed by atoms with van der Waals surface area (Å²) in [6.45, 7) is 3.41. The van der Waals surface area contributed by atoms with Gasteiger partial charge in [-0.25, -0.2) is 0 Å². The summed E-state index contributed by atoms with van der Waals surface area (Å²) in [7, 11) is 1.69. The van der Waals surface area contributed by atoms with Crippen molar-refractivity contribution in [3.05, 3.63) is 48.3 Å². The Bertz CT molecular complexity index is 765. The molecule has 2 aromatic rings. The van der Waals surface area contributed by atoms with E-state index in [1.807, 2.05) is 29.1 Å². The summed E-state index contributed by atoms with van der Waals surface area (Å²) in [5, 5.41) is 7.82. The van der Waals surface area contributed by atoms with Crippen LogP contribution >= 0.6 is 12.4 Å². The van der Waals surface area contributed by atoms with Gasteiger partial charge in [-0.2, -0.15) is 5.10 Å². The van der Waals surface area contributed by atoms with Gasteiger partial charge in [-0.1, -0.05) is 12.1 Å². The molecule has 7 heteroatoms. The zero-order valence-electron chi connectivity index (χ0n) is 17.0. The lowest BCUT2D eigenvalue weighted by molar-refractivity contribution is -0.144. The molecule has 2 fully saturated rings. The number of piperidine rings is 2. The minimum absolute atomic E-state index is 0. The Hall–Kier alpha value is -2.05. The van der Waals surface area contributed by atoms with Gasteiger partial charge < -0.3 is 15.0 Å². The van der Waals surface area contributed by atoms with Crippen LogP contribution in [0.4, 0.5) is 0 Å². The van der Waals surface area contributed by atoms with Crippen LogP contribution in [-0.4, -0.2) is 53.9 Å². The maximum Gasteiger partial charge on any atom is 0.250 e. The molecule has 4 rings (SSSR count). The summed E-state index contributed by atoms with van der Waals surface area (Å²) < 4.78 is 7.14. The first-order valence-electron chi connectivity index (χ1n) is 10.3. The molecule has 2 aliphatic rings. The second kappa shape index (κ2) is 9.63. The van der Waals surface area contributed by atoms with Crippen LogP contribution in [-0.2, 0) is 16.8 Å². The quantitative estimate of drug-likeness (QED) is 0.811. The maximum atomic E-state index is 13.5. The Balaban J connectivity index is 0.00000240. The van der Waals surface area contributed by atoms with Crippen molar-refractivity contribution in [3.8, 4) is 5.75 Å². The number of aromatic nitrogens is 2. The number of carbonyl (C=O) groups excluding carboxylic acids is 1. The molecular weight excluding hydrogens is 388 g/mol. The summed E-state index contributed by atoms with van der Waals surface area (Å²) in [4.78, 5) is 15.6. The maximum absolute atomic E-state index is 13.5. The molecule has 2 saturated heterocycles. The monoisotopic (exact) mass is 418 g/mol. The fraction of sp³-hybridized carbons (Fsp3) is 0.545. The van der Waals surface area contributed by atoms with E-state index in [9.17, 15) is 4.79 Å². The molecule has 29 heavy (non-hydrogen) atoms. The van der Waals surface area contributed by atoms with Gasteiger partial charge in [-0.05, 0) is 74.9 Å². The molecule has 0 atom stereocenters. The fourth-order valence-corrected chi connectivity index (χ4v) is 4.63. The third-order valence-corrected chi connectivity index (χ3v) is 6.36. The molecule has 1 N–H and O–H groups in total.